The molecule has 0 saturated heterocycles. The highest BCUT2D eigenvalue weighted by atomic mass is 19.1. The van der Waals surface area contributed by atoms with Gasteiger partial charge >= 0.3 is 6.09 Å². The molecule has 2 N–H and O–H groups in total. The van der Waals surface area contributed by atoms with Crippen LogP contribution in [-0.4, -0.2) is 23.8 Å². The van der Waals surface area contributed by atoms with Gasteiger partial charge in [0.2, 0.25) is 0 Å². The van der Waals surface area contributed by atoms with E-state index in [-0.39, 0.29) is 24.0 Å². The molecule has 0 unspecified atom stereocenters. The summed E-state index contributed by atoms with van der Waals surface area (Å²) in [4.78, 5) is 11.6. The van der Waals surface area contributed by atoms with Crippen LogP contribution in [0.5, 0.6) is 0 Å². The molecule has 1 aromatic rings. The maximum atomic E-state index is 13.2. The highest BCUT2D eigenvalue weighted by Gasteiger charge is 2.31. The minimum absolute atomic E-state index is 0.117. The van der Waals surface area contributed by atoms with Crippen LogP contribution >= 0.6 is 0 Å². The van der Waals surface area contributed by atoms with Crippen LogP contribution in [0.2, 0.25) is 0 Å². The number of anilines is 1. The molecule has 21 heavy (non-hydrogen) atoms. The van der Waals surface area contributed by atoms with E-state index in [1.165, 1.54) is 12.1 Å². The van der Waals surface area contributed by atoms with Crippen LogP contribution in [-0.2, 0) is 4.74 Å². The minimum Gasteiger partial charge on any atom is -0.444 e. The molecule has 1 aromatic carbocycles. The van der Waals surface area contributed by atoms with Crippen molar-refractivity contribution >= 4 is 11.8 Å². The molecular formula is C16H23FN2O2. The summed E-state index contributed by atoms with van der Waals surface area (Å²) < 4.78 is 18.4. The Kier molecular flexibility index (Phi) is 4.40. The van der Waals surface area contributed by atoms with E-state index in [0.29, 0.717) is 0 Å². The van der Waals surface area contributed by atoms with E-state index < -0.39 is 5.60 Å². The van der Waals surface area contributed by atoms with Crippen molar-refractivity contribution in [3.05, 3.63) is 29.6 Å². The number of ether oxygens (including phenoxy) is 1. The lowest BCUT2D eigenvalue weighted by Gasteiger charge is -2.37. The maximum Gasteiger partial charge on any atom is 0.407 e. The molecule has 0 bridgehead atoms. The van der Waals surface area contributed by atoms with Gasteiger partial charge in [-0.25, -0.2) is 9.18 Å². The second-order valence-corrected chi connectivity index (χ2v) is 6.62. The molecule has 0 heterocycles. The van der Waals surface area contributed by atoms with E-state index in [1.807, 2.05) is 27.7 Å². The van der Waals surface area contributed by atoms with E-state index in [0.717, 1.165) is 24.1 Å². The first-order valence-corrected chi connectivity index (χ1v) is 7.25. The monoisotopic (exact) mass is 294 g/mol. The van der Waals surface area contributed by atoms with Crippen molar-refractivity contribution < 1.29 is 13.9 Å². The standard InChI is InChI=1S/C16H23FN2O2/c1-10-5-6-11(17)7-14(10)18-12-8-13(9-12)19-15(20)21-16(2,3)4/h5-7,12-13,18H,8-9H2,1-4H3,(H,19,20). The number of rotatable bonds is 3. The number of aryl methyl sites for hydroxylation is 1. The van der Waals surface area contributed by atoms with Crippen LogP contribution in [0.1, 0.15) is 39.2 Å². The Balaban J connectivity index is 1.77. The minimum atomic E-state index is -0.482. The van der Waals surface area contributed by atoms with Gasteiger partial charge < -0.3 is 15.4 Å². The van der Waals surface area contributed by atoms with Gasteiger partial charge in [-0.2, -0.15) is 0 Å². The topological polar surface area (TPSA) is 50.4 Å². The summed E-state index contributed by atoms with van der Waals surface area (Å²) >= 11 is 0. The Morgan fingerprint density at radius 1 is 1.29 bits per heavy atom. The van der Waals surface area contributed by atoms with Gasteiger partial charge in [-0.1, -0.05) is 6.07 Å². The molecule has 1 amide bonds. The van der Waals surface area contributed by atoms with Crippen LogP contribution in [0, 0.1) is 12.7 Å². The van der Waals surface area contributed by atoms with Gasteiger partial charge in [0.1, 0.15) is 11.4 Å². The van der Waals surface area contributed by atoms with E-state index >= 15 is 0 Å². The van der Waals surface area contributed by atoms with Crippen molar-refractivity contribution in [1.82, 2.24) is 5.32 Å². The summed E-state index contributed by atoms with van der Waals surface area (Å²) in [6.07, 6.45) is 1.25. The molecule has 0 aromatic heterocycles. The number of hydrogen-bond donors (Lipinski definition) is 2. The Morgan fingerprint density at radius 2 is 1.95 bits per heavy atom. The number of alkyl carbamates (subject to hydrolysis) is 1. The SMILES string of the molecule is Cc1ccc(F)cc1NC1CC(NC(=O)OC(C)(C)C)C1. The fourth-order valence-corrected chi connectivity index (χ4v) is 2.30. The van der Waals surface area contributed by atoms with Gasteiger partial charge in [-0.15, -0.1) is 0 Å². The highest BCUT2D eigenvalue weighted by Crippen LogP contribution is 2.26. The summed E-state index contributed by atoms with van der Waals surface area (Å²) in [5.41, 5.74) is 1.35. The average Bonchev–Trinajstić information content (AvgIpc) is 2.28. The summed E-state index contributed by atoms with van der Waals surface area (Å²) in [5.74, 6) is -0.245. The number of halogens is 1. The second kappa shape index (κ2) is 5.92. The average molecular weight is 294 g/mol. The first-order valence-electron chi connectivity index (χ1n) is 7.25. The zero-order chi connectivity index (χ0) is 15.6. The Bertz CT molecular complexity index is 519. The number of benzene rings is 1. The largest absolute Gasteiger partial charge is 0.444 e. The quantitative estimate of drug-likeness (QED) is 0.895. The number of hydrogen-bond acceptors (Lipinski definition) is 3. The van der Waals surface area contributed by atoms with E-state index in [9.17, 15) is 9.18 Å². The zero-order valence-electron chi connectivity index (χ0n) is 13.0. The Labute approximate surface area is 125 Å². The number of nitrogens with one attached hydrogen (secondary N) is 2. The zero-order valence-corrected chi connectivity index (χ0v) is 13.0. The third kappa shape index (κ3) is 4.62. The van der Waals surface area contributed by atoms with Crippen LogP contribution in [0.4, 0.5) is 14.9 Å². The van der Waals surface area contributed by atoms with Gasteiger partial charge in [0.25, 0.3) is 0 Å². The van der Waals surface area contributed by atoms with Crippen molar-refractivity contribution in [3.63, 3.8) is 0 Å². The molecule has 0 radical (unpaired) electrons. The van der Waals surface area contributed by atoms with Crippen molar-refractivity contribution in [2.75, 3.05) is 5.32 Å². The predicted molar refractivity (Wildman–Crippen MR) is 80.9 cm³/mol. The van der Waals surface area contributed by atoms with E-state index in [2.05, 4.69) is 10.6 Å². The maximum absolute atomic E-state index is 13.2. The normalized spacial score (nSPS) is 21.4. The third-order valence-electron chi connectivity index (χ3n) is 3.42. The van der Waals surface area contributed by atoms with Gasteiger partial charge in [0.05, 0.1) is 0 Å². The first-order chi connectivity index (χ1) is 9.73. The fourth-order valence-electron chi connectivity index (χ4n) is 2.30. The van der Waals surface area contributed by atoms with Crippen molar-refractivity contribution in [2.24, 2.45) is 0 Å². The molecule has 1 aliphatic rings. The van der Waals surface area contributed by atoms with Crippen molar-refractivity contribution in [3.8, 4) is 0 Å². The van der Waals surface area contributed by atoms with Gasteiger partial charge in [-0.3, -0.25) is 0 Å². The Morgan fingerprint density at radius 3 is 2.57 bits per heavy atom. The number of carbonyl (C=O) groups is 1. The van der Waals surface area contributed by atoms with Gasteiger partial charge in [0, 0.05) is 17.8 Å². The number of carbonyl (C=O) groups excluding carboxylic acids is 1. The summed E-state index contributed by atoms with van der Waals surface area (Å²) in [6, 6.07) is 5.09. The molecule has 1 saturated carbocycles. The molecule has 2 rings (SSSR count). The molecule has 0 aliphatic heterocycles. The molecule has 116 valence electrons. The smallest absolute Gasteiger partial charge is 0.407 e. The first kappa shape index (κ1) is 15.6. The third-order valence-corrected chi connectivity index (χ3v) is 3.42. The summed E-state index contributed by atoms with van der Waals surface area (Å²) in [7, 11) is 0. The molecule has 0 atom stereocenters. The molecule has 1 fully saturated rings. The van der Waals surface area contributed by atoms with E-state index in [1.54, 1.807) is 6.07 Å². The Hall–Kier alpha value is -1.78. The molecule has 0 spiro atoms. The fraction of sp³-hybridized carbons (Fsp3) is 0.562. The molecular weight excluding hydrogens is 271 g/mol. The highest BCUT2D eigenvalue weighted by molar-refractivity contribution is 5.68. The van der Waals surface area contributed by atoms with Crippen LogP contribution < -0.4 is 10.6 Å². The number of amides is 1. The van der Waals surface area contributed by atoms with Crippen LogP contribution in [0.15, 0.2) is 18.2 Å². The molecule has 4 nitrogen and oxygen atoms in total. The van der Waals surface area contributed by atoms with E-state index in [4.69, 9.17) is 4.74 Å². The summed E-state index contributed by atoms with van der Waals surface area (Å²) in [5, 5.41) is 6.15. The van der Waals surface area contributed by atoms with Crippen molar-refractivity contribution in [1.29, 1.82) is 0 Å². The molecule has 1 aliphatic carbocycles. The second-order valence-electron chi connectivity index (χ2n) is 6.62. The van der Waals surface area contributed by atoms with Crippen LogP contribution in [0.3, 0.4) is 0 Å². The van der Waals surface area contributed by atoms with Crippen LogP contribution in [0.25, 0.3) is 0 Å². The van der Waals surface area contributed by atoms with Gasteiger partial charge in [-0.05, 0) is 58.2 Å². The predicted octanol–water partition coefficient (Wildman–Crippen LogP) is 3.60. The lowest BCUT2D eigenvalue weighted by molar-refractivity contribution is 0.0475. The molecule has 5 heteroatoms. The van der Waals surface area contributed by atoms with Crippen molar-refractivity contribution in [2.45, 2.75) is 58.2 Å². The lowest BCUT2D eigenvalue weighted by atomic mass is 9.86. The van der Waals surface area contributed by atoms with Gasteiger partial charge in [0.15, 0.2) is 0 Å². The summed E-state index contributed by atoms with van der Waals surface area (Å²) in [6.45, 7) is 7.45. The lowest BCUT2D eigenvalue weighted by Crippen LogP contribution is -2.50.